The standard InChI is InChI=1S/C20H20N4OS/c1-24-18(13-14-7-3-2-4-8-14)22-23-20(24)26-17-12-11-15-9-5-6-10-16(15)21-19(17)25/h2-10,17H,11-13H2,1H3,(H,21,25)/t17-/m0/s1. The highest BCUT2D eigenvalue weighted by atomic mass is 32.2. The molecule has 0 unspecified atom stereocenters. The van der Waals surface area contributed by atoms with Gasteiger partial charge in [0, 0.05) is 19.2 Å². The van der Waals surface area contributed by atoms with Crippen LogP contribution in [0.4, 0.5) is 5.69 Å². The van der Waals surface area contributed by atoms with E-state index in [0.29, 0.717) is 0 Å². The van der Waals surface area contributed by atoms with E-state index >= 15 is 0 Å². The van der Waals surface area contributed by atoms with Gasteiger partial charge in [0.25, 0.3) is 0 Å². The Labute approximate surface area is 156 Å². The molecule has 2 aromatic carbocycles. The van der Waals surface area contributed by atoms with Crippen molar-refractivity contribution < 1.29 is 4.79 Å². The SMILES string of the molecule is Cn1c(Cc2ccccc2)nnc1S[C@H]1CCc2ccccc2NC1=O. The number of hydrogen-bond acceptors (Lipinski definition) is 4. The van der Waals surface area contributed by atoms with Gasteiger partial charge in [-0.3, -0.25) is 4.79 Å². The van der Waals surface area contributed by atoms with Crippen molar-refractivity contribution in [1.82, 2.24) is 14.8 Å². The smallest absolute Gasteiger partial charge is 0.237 e. The molecule has 0 fully saturated rings. The number of amides is 1. The maximum atomic E-state index is 12.6. The Morgan fingerprint density at radius 3 is 2.73 bits per heavy atom. The zero-order chi connectivity index (χ0) is 17.9. The Bertz CT molecular complexity index is 923. The molecule has 1 aliphatic heterocycles. The topological polar surface area (TPSA) is 59.8 Å². The van der Waals surface area contributed by atoms with Crippen molar-refractivity contribution in [2.45, 2.75) is 29.7 Å². The number of thioether (sulfide) groups is 1. The molecule has 1 aliphatic rings. The molecule has 2 heterocycles. The van der Waals surface area contributed by atoms with Gasteiger partial charge in [0.15, 0.2) is 5.16 Å². The van der Waals surface area contributed by atoms with Crippen LogP contribution in [0.1, 0.15) is 23.4 Å². The van der Waals surface area contributed by atoms with Gasteiger partial charge in [-0.25, -0.2) is 0 Å². The summed E-state index contributed by atoms with van der Waals surface area (Å²) < 4.78 is 1.99. The van der Waals surface area contributed by atoms with Crippen LogP contribution in [-0.2, 0) is 24.7 Å². The van der Waals surface area contributed by atoms with Gasteiger partial charge in [0.05, 0.1) is 5.25 Å². The Morgan fingerprint density at radius 2 is 1.88 bits per heavy atom. The number of carbonyl (C=O) groups excluding carboxylic acids is 1. The molecule has 1 amide bonds. The summed E-state index contributed by atoms with van der Waals surface area (Å²) in [6.07, 6.45) is 2.39. The first kappa shape index (κ1) is 16.8. The Hall–Kier alpha value is -2.60. The quantitative estimate of drug-likeness (QED) is 0.770. The highest BCUT2D eigenvalue weighted by Crippen LogP contribution is 2.30. The maximum Gasteiger partial charge on any atom is 0.237 e. The van der Waals surface area contributed by atoms with Crippen LogP contribution in [0.25, 0.3) is 0 Å². The van der Waals surface area contributed by atoms with Crippen LogP contribution in [0.5, 0.6) is 0 Å². The molecule has 0 spiro atoms. The van der Waals surface area contributed by atoms with Gasteiger partial charge in [-0.05, 0) is 30.0 Å². The highest BCUT2D eigenvalue weighted by molar-refractivity contribution is 8.00. The molecule has 6 heteroatoms. The third-order valence-corrected chi connectivity index (χ3v) is 5.92. The van der Waals surface area contributed by atoms with Crippen LogP contribution < -0.4 is 5.32 Å². The molecule has 0 bridgehead atoms. The lowest BCUT2D eigenvalue weighted by Gasteiger charge is -2.12. The predicted molar refractivity (Wildman–Crippen MR) is 103 cm³/mol. The minimum atomic E-state index is -0.171. The lowest BCUT2D eigenvalue weighted by Crippen LogP contribution is -2.24. The van der Waals surface area contributed by atoms with Gasteiger partial charge >= 0.3 is 0 Å². The second-order valence-corrected chi connectivity index (χ2v) is 7.58. The molecule has 4 rings (SSSR count). The fraction of sp³-hybridized carbons (Fsp3) is 0.250. The van der Waals surface area contributed by atoms with Crippen molar-refractivity contribution in [3.8, 4) is 0 Å². The van der Waals surface area contributed by atoms with E-state index in [1.165, 1.54) is 22.9 Å². The van der Waals surface area contributed by atoms with Crippen molar-refractivity contribution in [3.63, 3.8) is 0 Å². The Morgan fingerprint density at radius 1 is 1.12 bits per heavy atom. The fourth-order valence-electron chi connectivity index (χ4n) is 3.11. The summed E-state index contributed by atoms with van der Waals surface area (Å²) in [6.45, 7) is 0. The summed E-state index contributed by atoms with van der Waals surface area (Å²) >= 11 is 1.49. The van der Waals surface area contributed by atoms with E-state index in [2.05, 4.69) is 33.7 Å². The molecule has 5 nitrogen and oxygen atoms in total. The summed E-state index contributed by atoms with van der Waals surface area (Å²) in [5.74, 6) is 0.934. The molecule has 1 aromatic heterocycles. The van der Waals surface area contributed by atoms with E-state index in [1.54, 1.807) is 0 Å². The van der Waals surface area contributed by atoms with Gasteiger partial charge in [-0.2, -0.15) is 0 Å². The van der Waals surface area contributed by atoms with Gasteiger partial charge in [-0.1, -0.05) is 60.3 Å². The van der Waals surface area contributed by atoms with Crippen LogP contribution in [0.15, 0.2) is 59.8 Å². The lowest BCUT2D eigenvalue weighted by atomic mass is 10.1. The normalized spacial score (nSPS) is 16.7. The van der Waals surface area contributed by atoms with E-state index in [4.69, 9.17) is 0 Å². The minimum Gasteiger partial charge on any atom is -0.325 e. The summed E-state index contributed by atoms with van der Waals surface area (Å²) in [7, 11) is 1.96. The molecule has 0 aliphatic carbocycles. The maximum absolute atomic E-state index is 12.6. The second kappa shape index (κ2) is 7.33. The predicted octanol–water partition coefficient (Wildman–Crippen LogP) is 3.45. The first-order valence-corrected chi connectivity index (χ1v) is 9.56. The van der Waals surface area contributed by atoms with Gasteiger partial charge < -0.3 is 9.88 Å². The van der Waals surface area contributed by atoms with Crippen molar-refractivity contribution in [2.24, 2.45) is 7.05 Å². The van der Waals surface area contributed by atoms with Crippen molar-refractivity contribution >= 4 is 23.4 Å². The van der Waals surface area contributed by atoms with Gasteiger partial charge in [-0.15, -0.1) is 10.2 Å². The molecule has 132 valence electrons. The van der Waals surface area contributed by atoms with Gasteiger partial charge in [0.1, 0.15) is 5.82 Å². The first-order valence-electron chi connectivity index (χ1n) is 8.68. The summed E-state index contributed by atoms with van der Waals surface area (Å²) in [6, 6.07) is 18.2. The number of rotatable bonds is 4. The van der Waals surface area contributed by atoms with Crippen LogP contribution in [0.3, 0.4) is 0 Å². The fourth-order valence-corrected chi connectivity index (χ4v) is 4.12. The summed E-state index contributed by atoms with van der Waals surface area (Å²) in [5.41, 5.74) is 3.30. The van der Waals surface area contributed by atoms with Crippen molar-refractivity contribution in [1.29, 1.82) is 0 Å². The van der Waals surface area contributed by atoms with E-state index in [-0.39, 0.29) is 11.2 Å². The highest BCUT2D eigenvalue weighted by Gasteiger charge is 2.26. The molecule has 1 N–H and O–H groups in total. The number of nitrogens with zero attached hydrogens (tertiary/aromatic N) is 3. The van der Waals surface area contributed by atoms with E-state index in [1.807, 2.05) is 48.0 Å². The number of anilines is 1. The first-order chi connectivity index (χ1) is 12.7. The summed E-state index contributed by atoms with van der Waals surface area (Å²) in [5, 5.41) is 12.3. The second-order valence-electron chi connectivity index (χ2n) is 6.41. The van der Waals surface area contributed by atoms with Gasteiger partial charge in [0.2, 0.25) is 5.91 Å². The number of fused-ring (bicyclic) bond motifs is 1. The van der Waals surface area contributed by atoms with Crippen LogP contribution in [0.2, 0.25) is 0 Å². The molecule has 3 aromatic rings. The zero-order valence-corrected chi connectivity index (χ0v) is 15.4. The van der Waals surface area contributed by atoms with Crippen LogP contribution in [0, 0.1) is 0 Å². The summed E-state index contributed by atoms with van der Waals surface area (Å²) in [4.78, 5) is 12.6. The largest absolute Gasteiger partial charge is 0.325 e. The Balaban J connectivity index is 1.49. The van der Waals surface area contributed by atoms with Crippen molar-refractivity contribution in [3.05, 3.63) is 71.5 Å². The average Bonchev–Trinajstić information content (AvgIpc) is 2.91. The third kappa shape index (κ3) is 3.51. The van der Waals surface area contributed by atoms with E-state index < -0.39 is 0 Å². The number of nitrogens with one attached hydrogen (secondary N) is 1. The number of benzene rings is 2. The molecule has 0 saturated heterocycles. The van der Waals surface area contributed by atoms with Crippen molar-refractivity contribution in [2.75, 3.05) is 5.32 Å². The number of carbonyl (C=O) groups is 1. The van der Waals surface area contributed by atoms with E-state index in [0.717, 1.165) is 35.9 Å². The van der Waals surface area contributed by atoms with Crippen LogP contribution in [-0.4, -0.2) is 25.9 Å². The molecular formula is C20H20N4OS. The number of aryl methyl sites for hydroxylation is 1. The van der Waals surface area contributed by atoms with E-state index in [9.17, 15) is 4.79 Å². The lowest BCUT2D eigenvalue weighted by molar-refractivity contribution is -0.115. The monoisotopic (exact) mass is 364 g/mol. The zero-order valence-electron chi connectivity index (χ0n) is 14.6. The molecule has 0 saturated carbocycles. The number of para-hydroxylation sites is 1. The number of hydrogen-bond donors (Lipinski definition) is 1. The third-order valence-electron chi connectivity index (χ3n) is 4.62. The Kier molecular flexibility index (Phi) is 4.75. The molecule has 26 heavy (non-hydrogen) atoms. The molecule has 1 atom stereocenters. The molecule has 0 radical (unpaired) electrons. The minimum absolute atomic E-state index is 0.0348. The van der Waals surface area contributed by atoms with Crippen LogP contribution >= 0.6 is 11.8 Å². The number of aromatic nitrogens is 3. The average molecular weight is 364 g/mol. The molecular weight excluding hydrogens is 344 g/mol.